The summed E-state index contributed by atoms with van der Waals surface area (Å²) in [4.78, 5) is 21.6. The van der Waals surface area contributed by atoms with E-state index in [1.807, 2.05) is 30.5 Å². The number of anilines is 1. The van der Waals surface area contributed by atoms with E-state index in [1.165, 1.54) is 0 Å². The quantitative estimate of drug-likeness (QED) is 0.402. The van der Waals surface area contributed by atoms with E-state index in [0.29, 0.717) is 30.2 Å². The molecule has 0 radical (unpaired) electrons. The summed E-state index contributed by atoms with van der Waals surface area (Å²) < 4.78 is 26.7. The Morgan fingerprint density at radius 1 is 1.16 bits per heavy atom. The lowest BCUT2D eigenvalue weighted by Crippen LogP contribution is -2.57. The third-order valence-corrected chi connectivity index (χ3v) is 9.63. The molecule has 2 aliphatic rings. The van der Waals surface area contributed by atoms with Gasteiger partial charge in [0, 0.05) is 48.3 Å². The van der Waals surface area contributed by atoms with Crippen molar-refractivity contribution in [2.75, 3.05) is 29.5 Å². The van der Waals surface area contributed by atoms with Gasteiger partial charge in [0.1, 0.15) is 9.84 Å². The van der Waals surface area contributed by atoms with Crippen molar-refractivity contribution in [1.82, 2.24) is 14.5 Å². The lowest BCUT2D eigenvalue weighted by atomic mass is 10.0. The third kappa shape index (κ3) is 5.93. The Hall–Kier alpha value is -3.19. The van der Waals surface area contributed by atoms with Crippen LogP contribution in [-0.4, -0.2) is 59.4 Å². The molecule has 0 spiro atoms. The molecule has 2 heterocycles. The number of carbonyl (C=O) groups excluding carboxylic acids is 1. The average Bonchev–Trinajstić information content (AvgIpc) is 3.51. The molecule has 2 unspecified atom stereocenters. The molecule has 1 aromatic heterocycles. The molecule has 38 heavy (non-hydrogen) atoms. The number of benzene rings is 2. The normalized spacial score (nSPS) is 21.9. The minimum absolute atomic E-state index is 0.0138. The van der Waals surface area contributed by atoms with Crippen LogP contribution in [0.5, 0.6) is 0 Å². The molecule has 3 atom stereocenters. The van der Waals surface area contributed by atoms with E-state index >= 15 is 0 Å². The van der Waals surface area contributed by atoms with Gasteiger partial charge in [-0.2, -0.15) is 5.26 Å². The summed E-state index contributed by atoms with van der Waals surface area (Å²) in [5.74, 6) is 0.624. The molecule has 198 valence electrons. The zero-order chi connectivity index (χ0) is 26.9. The van der Waals surface area contributed by atoms with Gasteiger partial charge >= 0.3 is 0 Å². The average molecular weight is 552 g/mol. The lowest BCUT2D eigenvalue weighted by molar-refractivity contribution is -0.123. The van der Waals surface area contributed by atoms with Crippen molar-refractivity contribution in [1.29, 1.82) is 5.26 Å². The molecule has 1 aliphatic carbocycles. The number of aromatic nitrogens is 2. The molecule has 1 aliphatic heterocycles. The van der Waals surface area contributed by atoms with Gasteiger partial charge in [-0.1, -0.05) is 36.7 Å². The Morgan fingerprint density at radius 3 is 2.66 bits per heavy atom. The van der Waals surface area contributed by atoms with Gasteiger partial charge in [0.2, 0.25) is 5.91 Å². The molecule has 1 saturated heterocycles. The minimum Gasteiger partial charge on any atom is -0.329 e. The highest BCUT2D eigenvalue weighted by Gasteiger charge is 2.49. The summed E-state index contributed by atoms with van der Waals surface area (Å²) in [7, 11) is -3.07. The fraction of sp³-hybridized carbons (Fsp3) is 0.393. The van der Waals surface area contributed by atoms with Crippen LogP contribution in [0.25, 0.3) is 0 Å². The first-order valence-electron chi connectivity index (χ1n) is 12.7. The zero-order valence-electron chi connectivity index (χ0n) is 21.2. The number of sulfone groups is 1. The van der Waals surface area contributed by atoms with Crippen LogP contribution in [0.4, 0.5) is 5.69 Å². The first kappa shape index (κ1) is 26.4. The standard InChI is InChI=1S/C28H30ClN5O3S/c1-2-38(36,37)18-22-10-26(22)27-16-34(24-5-3-4-23(29)11-24)28(35)17-32(27)15-25-13-31-19-33(25)14-21-8-6-20(12-30)7-9-21/h3-9,11,13,19,22,26-27H,2,10,14-18H2,1H3/t22?,26?,27-/m1/s1. The maximum atomic E-state index is 13.3. The van der Waals surface area contributed by atoms with Gasteiger partial charge in [0.15, 0.2) is 0 Å². The number of hydrogen-bond donors (Lipinski definition) is 0. The van der Waals surface area contributed by atoms with Crippen LogP contribution in [0.15, 0.2) is 61.1 Å². The predicted octanol–water partition coefficient (Wildman–Crippen LogP) is 3.74. The van der Waals surface area contributed by atoms with Crippen molar-refractivity contribution in [3.8, 4) is 6.07 Å². The maximum Gasteiger partial charge on any atom is 0.241 e. The molecule has 0 N–H and O–H groups in total. The smallest absolute Gasteiger partial charge is 0.241 e. The van der Waals surface area contributed by atoms with Gasteiger partial charge in [-0.05, 0) is 54.2 Å². The topological polar surface area (TPSA) is 99.3 Å². The van der Waals surface area contributed by atoms with Gasteiger partial charge < -0.3 is 9.47 Å². The number of amides is 1. The van der Waals surface area contributed by atoms with Gasteiger partial charge in [-0.25, -0.2) is 13.4 Å². The lowest BCUT2D eigenvalue weighted by Gasteiger charge is -2.41. The van der Waals surface area contributed by atoms with E-state index in [0.717, 1.165) is 23.4 Å². The van der Waals surface area contributed by atoms with Gasteiger partial charge in [-0.15, -0.1) is 0 Å². The summed E-state index contributed by atoms with van der Waals surface area (Å²) in [5, 5.41) is 9.63. The predicted molar refractivity (Wildman–Crippen MR) is 146 cm³/mol. The highest BCUT2D eigenvalue weighted by Crippen LogP contribution is 2.46. The van der Waals surface area contributed by atoms with E-state index in [1.54, 1.807) is 42.4 Å². The minimum atomic E-state index is -3.07. The van der Waals surface area contributed by atoms with Crippen LogP contribution in [0.3, 0.4) is 0 Å². The number of imidazole rings is 1. The van der Waals surface area contributed by atoms with Crippen LogP contribution in [0.2, 0.25) is 5.02 Å². The molecule has 0 bridgehead atoms. The van der Waals surface area contributed by atoms with E-state index in [9.17, 15) is 13.2 Å². The maximum absolute atomic E-state index is 13.3. The second-order valence-corrected chi connectivity index (χ2v) is 13.0. The van der Waals surface area contributed by atoms with E-state index < -0.39 is 9.84 Å². The molecule has 5 rings (SSSR count). The number of rotatable bonds is 9. The van der Waals surface area contributed by atoms with E-state index in [4.69, 9.17) is 16.9 Å². The Labute approximate surface area is 228 Å². The number of carbonyl (C=O) groups is 1. The van der Waals surface area contributed by atoms with Gasteiger partial charge in [0.25, 0.3) is 0 Å². The highest BCUT2D eigenvalue weighted by molar-refractivity contribution is 7.91. The van der Waals surface area contributed by atoms with Crippen LogP contribution >= 0.6 is 11.6 Å². The fourth-order valence-electron chi connectivity index (χ4n) is 5.34. The molecule has 2 fully saturated rings. The summed E-state index contributed by atoms with van der Waals surface area (Å²) in [6.07, 6.45) is 4.43. The number of piperazine rings is 1. The van der Waals surface area contributed by atoms with Gasteiger partial charge in [0.05, 0.1) is 36.0 Å². The zero-order valence-corrected chi connectivity index (χ0v) is 22.8. The summed E-state index contributed by atoms with van der Waals surface area (Å²) in [6, 6.07) is 16.9. The molecule has 10 heteroatoms. The van der Waals surface area contributed by atoms with Crippen LogP contribution in [0, 0.1) is 23.2 Å². The molecule has 1 saturated carbocycles. The molecule has 1 amide bonds. The SMILES string of the molecule is CCS(=O)(=O)CC1CC1[C@H]1CN(c2cccc(Cl)c2)C(=O)CN1Cc1cncn1Cc1ccc(C#N)cc1. The van der Waals surface area contributed by atoms with Crippen LogP contribution < -0.4 is 4.90 Å². The second-order valence-electron chi connectivity index (χ2n) is 10.1. The largest absolute Gasteiger partial charge is 0.329 e. The summed E-state index contributed by atoms with van der Waals surface area (Å²) in [6.45, 7) is 3.52. The van der Waals surface area contributed by atoms with Crippen molar-refractivity contribution in [2.24, 2.45) is 11.8 Å². The highest BCUT2D eigenvalue weighted by atomic mass is 35.5. The Bertz CT molecular complexity index is 1460. The first-order valence-corrected chi connectivity index (χ1v) is 14.9. The summed E-state index contributed by atoms with van der Waals surface area (Å²) >= 11 is 6.22. The Balaban J connectivity index is 1.37. The van der Waals surface area contributed by atoms with Gasteiger partial charge in [-0.3, -0.25) is 9.69 Å². The summed E-state index contributed by atoms with van der Waals surface area (Å²) in [5.41, 5.74) is 3.40. The molecular formula is C28H30ClN5O3S. The van der Waals surface area contributed by atoms with Crippen molar-refractivity contribution < 1.29 is 13.2 Å². The number of nitriles is 1. The number of hydrogen-bond acceptors (Lipinski definition) is 6. The van der Waals surface area contributed by atoms with Crippen molar-refractivity contribution in [3.05, 3.63) is 82.9 Å². The fourth-order valence-corrected chi connectivity index (χ4v) is 6.80. The second kappa shape index (κ2) is 10.9. The van der Waals surface area contributed by atoms with Crippen molar-refractivity contribution >= 4 is 33.0 Å². The van der Waals surface area contributed by atoms with Crippen molar-refractivity contribution in [2.45, 2.75) is 32.5 Å². The molecule has 3 aromatic rings. The third-order valence-electron chi connectivity index (χ3n) is 7.58. The van der Waals surface area contributed by atoms with Crippen LogP contribution in [-0.2, 0) is 27.7 Å². The Morgan fingerprint density at radius 2 is 1.95 bits per heavy atom. The molecular weight excluding hydrogens is 522 g/mol. The van der Waals surface area contributed by atoms with E-state index in [-0.39, 0.29) is 41.8 Å². The molecule has 8 nitrogen and oxygen atoms in total. The number of halogens is 1. The number of nitrogens with zero attached hydrogens (tertiary/aromatic N) is 5. The van der Waals surface area contributed by atoms with Crippen LogP contribution in [0.1, 0.15) is 30.2 Å². The van der Waals surface area contributed by atoms with Crippen molar-refractivity contribution in [3.63, 3.8) is 0 Å². The van der Waals surface area contributed by atoms with E-state index in [2.05, 4.69) is 20.5 Å². The Kier molecular flexibility index (Phi) is 7.57. The first-order chi connectivity index (χ1) is 18.3. The monoisotopic (exact) mass is 551 g/mol. The molecule has 2 aromatic carbocycles.